The maximum absolute atomic E-state index is 13.4. The van der Waals surface area contributed by atoms with E-state index in [1.807, 2.05) is 0 Å². The Morgan fingerprint density at radius 1 is 1.12 bits per heavy atom. The molecule has 0 aliphatic rings. The number of carbonyl (C=O) groups excluding carboxylic acids is 2. The molecule has 1 unspecified atom stereocenters. The summed E-state index contributed by atoms with van der Waals surface area (Å²) >= 11 is 5.77. The molecule has 0 radical (unpaired) electrons. The van der Waals surface area contributed by atoms with Crippen molar-refractivity contribution in [1.29, 1.82) is 0 Å². The number of esters is 1. The summed E-state index contributed by atoms with van der Waals surface area (Å²) in [5.41, 5.74) is 0.136. The van der Waals surface area contributed by atoms with Crippen molar-refractivity contribution in [2.45, 2.75) is 12.5 Å². The van der Waals surface area contributed by atoms with E-state index in [9.17, 15) is 22.8 Å². The molecule has 8 heteroatoms. The van der Waals surface area contributed by atoms with Gasteiger partial charge >= 0.3 is 5.97 Å². The van der Waals surface area contributed by atoms with Gasteiger partial charge in [0, 0.05) is 0 Å². The second kappa shape index (κ2) is 8.02. The molecule has 1 amide bonds. The molecule has 132 valence electrons. The Morgan fingerprint density at radius 2 is 1.72 bits per heavy atom. The number of nitrogens with one attached hydrogen (secondary N) is 1. The Bertz CT molecular complexity index is 796. The molecular formula is C17H13ClF3NO3. The lowest BCUT2D eigenvalue weighted by atomic mass is 10.0. The van der Waals surface area contributed by atoms with Gasteiger partial charge in [-0.3, -0.25) is 9.59 Å². The third kappa shape index (κ3) is 4.73. The minimum atomic E-state index is -1.24. The second-order valence-corrected chi connectivity index (χ2v) is 5.51. The Balaban J connectivity index is 2.29. The Kier molecular flexibility index (Phi) is 6.03. The van der Waals surface area contributed by atoms with E-state index in [1.54, 1.807) is 0 Å². The van der Waals surface area contributed by atoms with Crippen LogP contribution in [0.3, 0.4) is 0 Å². The predicted molar refractivity (Wildman–Crippen MR) is 84.6 cm³/mol. The smallest absolute Gasteiger partial charge is 0.307 e. The van der Waals surface area contributed by atoms with Crippen LogP contribution in [0.2, 0.25) is 5.02 Å². The van der Waals surface area contributed by atoms with E-state index in [1.165, 1.54) is 19.2 Å². The lowest BCUT2D eigenvalue weighted by Crippen LogP contribution is -2.30. The molecule has 0 spiro atoms. The van der Waals surface area contributed by atoms with Crippen molar-refractivity contribution in [3.8, 4) is 0 Å². The van der Waals surface area contributed by atoms with Crippen molar-refractivity contribution in [1.82, 2.24) is 5.32 Å². The molecule has 0 fully saturated rings. The first-order chi connectivity index (χ1) is 11.8. The van der Waals surface area contributed by atoms with Crippen LogP contribution in [0.1, 0.15) is 28.4 Å². The molecule has 0 aliphatic carbocycles. The normalized spacial score (nSPS) is 11.7. The number of hydrogen-bond donors (Lipinski definition) is 1. The van der Waals surface area contributed by atoms with Gasteiger partial charge in [0.2, 0.25) is 0 Å². The van der Waals surface area contributed by atoms with Gasteiger partial charge in [0.05, 0.1) is 30.2 Å². The summed E-state index contributed by atoms with van der Waals surface area (Å²) in [5.74, 6) is -4.35. The standard InChI is InChI=1S/C17H13ClF3NO3/c1-25-16(23)8-15(9-2-4-10(19)5-3-9)22-17(24)11-6-13(20)14(21)7-12(11)18/h2-7,15H,8H2,1H3,(H,22,24). The summed E-state index contributed by atoms with van der Waals surface area (Å²) in [6.07, 6.45) is -0.241. The third-order valence-corrected chi connectivity index (χ3v) is 3.74. The maximum Gasteiger partial charge on any atom is 0.307 e. The van der Waals surface area contributed by atoms with E-state index < -0.39 is 35.4 Å². The van der Waals surface area contributed by atoms with Crippen LogP contribution in [-0.4, -0.2) is 19.0 Å². The van der Waals surface area contributed by atoms with Crippen LogP contribution in [0.5, 0.6) is 0 Å². The molecule has 2 rings (SSSR count). The van der Waals surface area contributed by atoms with Gasteiger partial charge in [0.1, 0.15) is 5.82 Å². The van der Waals surface area contributed by atoms with Gasteiger partial charge in [0.15, 0.2) is 11.6 Å². The van der Waals surface area contributed by atoms with Crippen LogP contribution < -0.4 is 5.32 Å². The summed E-state index contributed by atoms with van der Waals surface area (Å²) in [5, 5.41) is 2.20. The van der Waals surface area contributed by atoms with Crippen molar-refractivity contribution in [3.63, 3.8) is 0 Å². The first-order valence-corrected chi connectivity index (χ1v) is 7.47. The predicted octanol–water partition coefficient (Wildman–Crippen LogP) is 3.79. The largest absolute Gasteiger partial charge is 0.469 e. The monoisotopic (exact) mass is 371 g/mol. The Morgan fingerprint density at radius 3 is 2.32 bits per heavy atom. The summed E-state index contributed by atoms with van der Waals surface area (Å²) in [6.45, 7) is 0. The van der Waals surface area contributed by atoms with Gasteiger partial charge in [-0.1, -0.05) is 23.7 Å². The third-order valence-electron chi connectivity index (χ3n) is 3.43. The van der Waals surface area contributed by atoms with Crippen LogP contribution in [0.25, 0.3) is 0 Å². The van der Waals surface area contributed by atoms with E-state index in [4.69, 9.17) is 11.6 Å². The fraction of sp³-hybridized carbons (Fsp3) is 0.176. The molecule has 1 N–H and O–H groups in total. The van der Waals surface area contributed by atoms with Crippen LogP contribution >= 0.6 is 11.6 Å². The van der Waals surface area contributed by atoms with E-state index >= 15 is 0 Å². The average Bonchev–Trinajstić information content (AvgIpc) is 2.58. The van der Waals surface area contributed by atoms with Crippen molar-refractivity contribution in [2.24, 2.45) is 0 Å². The molecule has 25 heavy (non-hydrogen) atoms. The maximum atomic E-state index is 13.4. The molecule has 0 bridgehead atoms. The molecule has 0 aromatic heterocycles. The highest BCUT2D eigenvalue weighted by molar-refractivity contribution is 6.33. The Labute approximate surface area is 146 Å². The van der Waals surface area contributed by atoms with Gasteiger partial charge in [-0.2, -0.15) is 0 Å². The first kappa shape index (κ1) is 18.8. The lowest BCUT2D eigenvalue weighted by molar-refractivity contribution is -0.141. The van der Waals surface area contributed by atoms with Gasteiger partial charge in [0.25, 0.3) is 5.91 Å². The van der Waals surface area contributed by atoms with E-state index in [0.717, 1.165) is 12.1 Å². The number of methoxy groups -OCH3 is 1. The van der Waals surface area contributed by atoms with E-state index in [0.29, 0.717) is 17.7 Å². The lowest BCUT2D eigenvalue weighted by Gasteiger charge is -2.19. The molecule has 0 aliphatic heterocycles. The highest BCUT2D eigenvalue weighted by atomic mass is 35.5. The molecule has 2 aromatic carbocycles. The van der Waals surface area contributed by atoms with Crippen molar-refractivity contribution in [2.75, 3.05) is 7.11 Å². The van der Waals surface area contributed by atoms with Gasteiger partial charge < -0.3 is 10.1 Å². The quantitative estimate of drug-likeness (QED) is 0.642. The van der Waals surface area contributed by atoms with Gasteiger partial charge in [-0.15, -0.1) is 0 Å². The van der Waals surface area contributed by atoms with Crippen LogP contribution in [-0.2, 0) is 9.53 Å². The molecule has 2 aromatic rings. The molecule has 0 saturated carbocycles. The molecule has 4 nitrogen and oxygen atoms in total. The van der Waals surface area contributed by atoms with Gasteiger partial charge in [-0.25, -0.2) is 13.2 Å². The molecule has 1 atom stereocenters. The van der Waals surface area contributed by atoms with Gasteiger partial charge in [-0.05, 0) is 29.8 Å². The second-order valence-electron chi connectivity index (χ2n) is 5.10. The average molecular weight is 372 g/mol. The van der Waals surface area contributed by atoms with E-state index in [2.05, 4.69) is 10.1 Å². The summed E-state index contributed by atoms with van der Waals surface area (Å²) in [7, 11) is 1.18. The number of benzene rings is 2. The SMILES string of the molecule is COC(=O)CC(NC(=O)c1cc(F)c(F)cc1Cl)c1ccc(F)cc1. The Hall–Kier alpha value is -2.54. The summed E-state index contributed by atoms with van der Waals surface area (Å²) in [4.78, 5) is 23.9. The highest BCUT2D eigenvalue weighted by Crippen LogP contribution is 2.23. The first-order valence-electron chi connectivity index (χ1n) is 7.09. The van der Waals surface area contributed by atoms with Crippen LogP contribution in [0.15, 0.2) is 36.4 Å². The molecule has 0 heterocycles. The number of amides is 1. The van der Waals surface area contributed by atoms with Crippen molar-refractivity contribution in [3.05, 3.63) is 70.0 Å². The number of ether oxygens (including phenoxy) is 1. The fourth-order valence-corrected chi connectivity index (χ4v) is 2.37. The molecular weight excluding hydrogens is 359 g/mol. The highest BCUT2D eigenvalue weighted by Gasteiger charge is 2.22. The number of halogens is 4. The minimum Gasteiger partial charge on any atom is -0.469 e. The topological polar surface area (TPSA) is 55.4 Å². The van der Waals surface area contributed by atoms with Crippen molar-refractivity contribution < 1.29 is 27.5 Å². The van der Waals surface area contributed by atoms with E-state index in [-0.39, 0.29) is 17.0 Å². The van der Waals surface area contributed by atoms with Crippen LogP contribution in [0.4, 0.5) is 13.2 Å². The summed E-state index contributed by atoms with van der Waals surface area (Å²) < 4.78 is 44.1. The molecule has 0 saturated heterocycles. The number of carbonyl (C=O) groups is 2. The zero-order chi connectivity index (χ0) is 18.6. The zero-order valence-electron chi connectivity index (χ0n) is 13.0. The zero-order valence-corrected chi connectivity index (χ0v) is 13.7. The summed E-state index contributed by atoms with van der Waals surface area (Å²) in [6, 6.07) is 5.56. The number of hydrogen-bond acceptors (Lipinski definition) is 3. The minimum absolute atomic E-state index is 0.241. The van der Waals surface area contributed by atoms with Crippen molar-refractivity contribution >= 4 is 23.5 Å². The number of rotatable bonds is 5. The van der Waals surface area contributed by atoms with Crippen LogP contribution in [0, 0.1) is 17.5 Å². The fourth-order valence-electron chi connectivity index (χ4n) is 2.13.